The van der Waals surface area contributed by atoms with Gasteiger partial charge in [0.25, 0.3) is 0 Å². The van der Waals surface area contributed by atoms with Gasteiger partial charge in [-0.25, -0.2) is 4.79 Å². The van der Waals surface area contributed by atoms with Gasteiger partial charge in [-0.1, -0.05) is 0 Å². The number of fused-ring (bicyclic) bond motifs is 1. The number of hydrogen-bond acceptors (Lipinski definition) is 6. The molecule has 0 N–H and O–H groups in total. The fraction of sp³-hybridized carbons (Fsp3) is 0.385. The summed E-state index contributed by atoms with van der Waals surface area (Å²) in [5.74, 6) is 0.693. The van der Waals surface area contributed by atoms with E-state index in [1.54, 1.807) is 0 Å². The molecule has 19 heavy (non-hydrogen) atoms. The molecule has 0 amide bonds. The highest BCUT2D eigenvalue weighted by Crippen LogP contribution is 2.40. The minimum Gasteiger partial charge on any atom is -0.493 e. The van der Waals surface area contributed by atoms with E-state index in [0.717, 1.165) is 0 Å². The van der Waals surface area contributed by atoms with Crippen molar-refractivity contribution in [3.05, 3.63) is 17.7 Å². The Balaban J connectivity index is 2.32. The standard InChI is InChI=1S/C13H13NO5/c1-8(7-14)19-13(15)9-5-10(16-2)12-11(6-9)17-3-4-18-12/h5-6,8H,3-4H2,1-2H3/t8-/m1/s1. The normalized spacial score (nSPS) is 14.2. The van der Waals surface area contributed by atoms with E-state index in [1.165, 1.54) is 26.2 Å². The molecule has 100 valence electrons. The van der Waals surface area contributed by atoms with Crippen molar-refractivity contribution in [1.82, 2.24) is 0 Å². The van der Waals surface area contributed by atoms with Crippen molar-refractivity contribution in [3.63, 3.8) is 0 Å². The number of hydrogen-bond donors (Lipinski definition) is 0. The van der Waals surface area contributed by atoms with Gasteiger partial charge in [-0.2, -0.15) is 5.26 Å². The predicted octanol–water partition coefficient (Wildman–Crippen LogP) is 1.54. The van der Waals surface area contributed by atoms with Crippen molar-refractivity contribution in [2.75, 3.05) is 20.3 Å². The smallest absolute Gasteiger partial charge is 0.339 e. The molecule has 0 radical (unpaired) electrons. The van der Waals surface area contributed by atoms with Crippen LogP contribution in [0.25, 0.3) is 0 Å². The minimum atomic E-state index is -0.813. The lowest BCUT2D eigenvalue weighted by Gasteiger charge is -2.21. The Morgan fingerprint density at radius 3 is 2.84 bits per heavy atom. The molecule has 0 bridgehead atoms. The molecule has 0 saturated carbocycles. The maximum absolute atomic E-state index is 11.8. The van der Waals surface area contributed by atoms with Crippen LogP contribution in [-0.2, 0) is 4.74 Å². The number of ether oxygens (including phenoxy) is 4. The van der Waals surface area contributed by atoms with Crippen molar-refractivity contribution in [2.24, 2.45) is 0 Å². The van der Waals surface area contributed by atoms with Crippen molar-refractivity contribution in [3.8, 4) is 23.3 Å². The van der Waals surface area contributed by atoms with Crippen LogP contribution < -0.4 is 14.2 Å². The Hall–Kier alpha value is -2.42. The zero-order chi connectivity index (χ0) is 13.8. The van der Waals surface area contributed by atoms with Crippen LogP contribution in [0.2, 0.25) is 0 Å². The van der Waals surface area contributed by atoms with Crippen LogP contribution in [0.4, 0.5) is 0 Å². The number of esters is 1. The number of rotatable bonds is 3. The van der Waals surface area contributed by atoms with Gasteiger partial charge in [-0.15, -0.1) is 0 Å². The van der Waals surface area contributed by atoms with Crippen LogP contribution >= 0.6 is 0 Å². The average Bonchev–Trinajstić information content (AvgIpc) is 2.45. The van der Waals surface area contributed by atoms with E-state index in [1.807, 2.05) is 6.07 Å². The number of methoxy groups -OCH3 is 1. The Labute approximate surface area is 110 Å². The zero-order valence-electron chi connectivity index (χ0n) is 10.6. The highest BCUT2D eigenvalue weighted by molar-refractivity contribution is 5.91. The number of carbonyl (C=O) groups excluding carboxylic acids is 1. The van der Waals surface area contributed by atoms with E-state index in [2.05, 4.69) is 0 Å². The Morgan fingerprint density at radius 1 is 1.42 bits per heavy atom. The second-order valence-corrected chi connectivity index (χ2v) is 3.88. The third-order valence-corrected chi connectivity index (χ3v) is 2.53. The van der Waals surface area contributed by atoms with Crippen LogP contribution in [-0.4, -0.2) is 32.4 Å². The Morgan fingerprint density at radius 2 is 2.16 bits per heavy atom. The lowest BCUT2D eigenvalue weighted by atomic mass is 10.1. The molecule has 1 atom stereocenters. The number of carbonyl (C=O) groups is 1. The molecule has 0 fully saturated rings. The lowest BCUT2D eigenvalue weighted by Crippen LogP contribution is -2.18. The highest BCUT2D eigenvalue weighted by Gasteiger charge is 2.22. The summed E-state index contributed by atoms with van der Waals surface area (Å²) in [5.41, 5.74) is 0.253. The fourth-order valence-corrected chi connectivity index (χ4v) is 1.65. The second kappa shape index (κ2) is 5.48. The summed E-state index contributed by atoms with van der Waals surface area (Å²) in [6.45, 7) is 2.33. The SMILES string of the molecule is COc1cc(C(=O)O[C@H](C)C#N)cc2c1OCCO2. The number of benzene rings is 1. The quantitative estimate of drug-likeness (QED) is 0.770. The molecule has 0 aromatic heterocycles. The molecule has 0 unspecified atom stereocenters. The maximum Gasteiger partial charge on any atom is 0.339 e. The van der Waals surface area contributed by atoms with Gasteiger partial charge in [0.1, 0.15) is 19.3 Å². The van der Waals surface area contributed by atoms with Gasteiger partial charge in [0.05, 0.1) is 12.7 Å². The van der Waals surface area contributed by atoms with Crippen molar-refractivity contribution in [1.29, 1.82) is 5.26 Å². The van der Waals surface area contributed by atoms with Gasteiger partial charge in [-0.05, 0) is 19.1 Å². The predicted molar refractivity (Wildman–Crippen MR) is 64.5 cm³/mol. The summed E-state index contributed by atoms with van der Waals surface area (Å²) in [6.07, 6.45) is -0.813. The van der Waals surface area contributed by atoms with Crippen LogP contribution in [0, 0.1) is 11.3 Å². The summed E-state index contributed by atoms with van der Waals surface area (Å²) in [6, 6.07) is 4.84. The third-order valence-electron chi connectivity index (χ3n) is 2.53. The van der Waals surface area contributed by atoms with Crippen molar-refractivity contribution >= 4 is 5.97 Å². The molecule has 1 aliphatic heterocycles. The van der Waals surface area contributed by atoms with Gasteiger partial charge in [0, 0.05) is 0 Å². The first-order chi connectivity index (χ1) is 9.15. The van der Waals surface area contributed by atoms with Crippen LogP contribution in [0.3, 0.4) is 0 Å². The maximum atomic E-state index is 11.8. The molecular weight excluding hydrogens is 250 g/mol. The molecule has 1 aromatic carbocycles. The highest BCUT2D eigenvalue weighted by atomic mass is 16.6. The molecule has 1 aromatic rings. The van der Waals surface area contributed by atoms with Gasteiger partial charge < -0.3 is 18.9 Å². The van der Waals surface area contributed by atoms with E-state index < -0.39 is 12.1 Å². The summed E-state index contributed by atoms with van der Waals surface area (Å²) in [7, 11) is 1.47. The van der Waals surface area contributed by atoms with Crippen LogP contribution in [0.5, 0.6) is 17.2 Å². The fourth-order valence-electron chi connectivity index (χ4n) is 1.65. The first-order valence-electron chi connectivity index (χ1n) is 5.74. The third kappa shape index (κ3) is 2.71. The summed E-state index contributed by atoms with van der Waals surface area (Å²) >= 11 is 0. The molecule has 1 heterocycles. The van der Waals surface area contributed by atoms with Crippen LogP contribution in [0.1, 0.15) is 17.3 Å². The van der Waals surface area contributed by atoms with E-state index in [9.17, 15) is 4.79 Å². The summed E-state index contributed by atoms with van der Waals surface area (Å²) in [4.78, 5) is 11.8. The van der Waals surface area contributed by atoms with Gasteiger partial charge in [0.15, 0.2) is 17.6 Å². The average molecular weight is 263 g/mol. The minimum absolute atomic E-state index is 0.253. The van der Waals surface area contributed by atoms with Crippen LogP contribution in [0.15, 0.2) is 12.1 Å². The Kier molecular flexibility index (Phi) is 3.76. The molecule has 2 rings (SSSR count). The van der Waals surface area contributed by atoms with Gasteiger partial charge in [-0.3, -0.25) is 0 Å². The first-order valence-corrected chi connectivity index (χ1v) is 5.74. The topological polar surface area (TPSA) is 77.8 Å². The van der Waals surface area contributed by atoms with E-state index >= 15 is 0 Å². The molecule has 0 saturated heterocycles. The zero-order valence-corrected chi connectivity index (χ0v) is 10.6. The van der Waals surface area contributed by atoms with Gasteiger partial charge in [0.2, 0.25) is 5.75 Å². The summed E-state index contributed by atoms with van der Waals surface area (Å²) < 4.78 is 20.9. The molecule has 0 aliphatic carbocycles. The van der Waals surface area contributed by atoms with Gasteiger partial charge >= 0.3 is 5.97 Å². The molecule has 0 spiro atoms. The van der Waals surface area contributed by atoms with Crippen molar-refractivity contribution in [2.45, 2.75) is 13.0 Å². The molecule has 1 aliphatic rings. The van der Waals surface area contributed by atoms with E-state index in [0.29, 0.717) is 30.5 Å². The van der Waals surface area contributed by atoms with E-state index in [4.69, 9.17) is 24.2 Å². The summed E-state index contributed by atoms with van der Waals surface area (Å²) in [5, 5.41) is 8.63. The van der Waals surface area contributed by atoms with Crippen molar-refractivity contribution < 1.29 is 23.7 Å². The number of nitrogens with zero attached hydrogens (tertiary/aromatic N) is 1. The molecular formula is C13H13NO5. The largest absolute Gasteiger partial charge is 0.493 e. The lowest BCUT2D eigenvalue weighted by molar-refractivity contribution is 0.0434. The number of nitriles is 1. The molecule has 6 heteroatoms. The first kappa shape index (κ1) is 13.0. The monoisotopic (exact) mass is 263 g/mol. The Bertz CT molecular complexity index is 517. The second-order valence-electron chi connectivity index (χ2n) is 3.88. The molecule has 6 nitrogen and oxygen atoms in total. The van der Waals surface area contributed by atoms with E-state index in [-0.39, 0.29) is 5.56 Å².